The summed E-state index contributed by atoms with van der Waals surface area (Å²) < 4.78 is 0. The molecule has 144 valence electrons. The largest absolute Gasteiger partial charge is 0.341 e. The van der Waals surface area contributed by atoms with Crippen molar-refractivity contribution in [3.63, 3.8) is 0 Å². The van der Waals surface area contributed by atoms with E-state index >= 15 is 0 Å². The Morgan fingerprint density at radius 1 is 1.10 bits per heavy atom. The van der Waals surface area contributed by atoms with E-state index in [1.54, 1.807) is 0 Å². The van der Waals surface area contributed by atoms with E-state index in [0.717, 1.165) is 42.3 Å². The van der Waals surface area contributed by atoms with Crippen LogP contribution in [0.1, 0.15) is 25.5 Å². The van der Waals surface area contributed by atoms with E-state index in [4.69, 9.17) is 5.73 Å². The number of hydrogen-bond acceptors (Lipinski definition) is 6. The first-order valence-electron chi connectivity index (χ1n) is 9.73. The SMILES string of the molecule is CC1(N)CCN(c2nc(C#N)c3c(-c4ccc5ccccc5c4)n[nH]c3n2)CC1. The van der Waals surface area contributed by atoms with Crippen LogP contribution in [0.15, 0.2) is 42.5 Å². The second kappa shape index (κ2) is 6.54. The molecular weight excluding hydrogens is 362 g/mol. The summed E-state index contributed by atoms with van der Waals surface area (Å²) >= 11 is 0. The molecule has 0 aliphatic carbocycles. The molecular formula is C22H21N7. The van der Waals surface area contributed by atoms with E-state index in [1.807, 2.05) is 18.2 Å². The van der Waals surface area contributed by atoms with Gasteiger partial charge in [0.15, 0.2) is 11.3 Å². The van der Waals surface area contributed by atoms with Gasteiger partial charge in [-0.3, -0.25) is 5.10 Å². The van der Waals surface area contributed by atoms with Gasteiger partial charge in [0.05, 0.1) is 5.39 Å². The van der Waals surface area contributed by atoms with Crippen LogP contribution in [0.2, 0.25) is 0 Å². The minimum absolute atomic E-state index is 0.157. The fraction of sp³-hybridized carbons (Fsp3) is 0.273. The summed E-state index contributed by atoms with van der Waals surface area (Å²) in [4.78, 5) is 11.3. The van der Waals surface area contributed by atoms with Gasteiger partial charge < -0.3 is 10.6 Å². The minimum Gasteiger partial charge on any atom is -0.341 e. The van der Waals surface area contributed by atoms with Crippen LogP contribution in [0.5, 0.6) is 0 Å². The molecule has 2 aromatic heterocycles. The van der Waals surface area contributed by atoms with Gasteiger partial charge in [-0.15, -0.1) is 0 Å². The molecule has 4 aromatic rings. The molecule has 0 atom stereocenters. The molecule has 29 heavy (non-hydrogen) atoms. The lowest BCUT2D eigenvalue weighted by Crippen LogP contribution is -2.48. The maximum Gasteiger partial charge on any atom is 0.228 e. The Bertz CT molecular complexity index is 1260. The normalized spacial score (nSPS) is 16.2. The van der Waals surface area contributed by atoms with Crippen molar-refractivity contribution in [3.05, 3.63) is 48.2 Å². The Kier molecular flexibility index (Phi) is 3.96. The number of benzene rings is 2. The van der Waals surface area contributed by atoms with Crippen LogP contribution in [0.3, 0.4) is 0 Å². The summed E-state index contributed by atoms with van der Waals surface area (Å²) in [6.07, 6.45) is 1.73. The summed E-state index contributed by atoms with van der Waals surface area (Å²) in [5, 5.41) is 20.2. The van der Waals surface area contributed by atoms with Gasteiger partial charge in [-0.2, -0.15) is 15.3 Å². The average Bonchev–Trinajstić information content (AvgIpc) is 3.17. The number of rotatable bonds is 2. The highest BCUT2D eigenvalue weighted by Crippen LogP contribution is 2.31. The van der Waals surface area contributed by atoms with Crippen molar-refractivity contribution in [3.8, 4) is 17.3 Å². The second-order valence-corrected chi connectivity index (χ2v) is 7.98. The standard InChI is InChI=1S/C22H21N7/c1-22(24)8-10-29(11-9-22)21-25-17(13-23)18-19(27-28-20(18)26-21)16-7-6-14-4-2-3-5-15(14)12-16/h2-7,12H,8-11,24H2,1H3,(H,25,26,27,28). The topological polar surface area (TPSA) is 108 Å². The van der Waals surface area contributed by atoms with E-state index < -0.39 is 0 Å². The number of aromatic nitrogens is 4. The Hall–Kier alpha value is -3.50. The summed E-state index contributed by atoms with van der Waals surface area (Å²) in [7, 11) is 0. The first-order chi connectivity index (χ1) is 14.0. The molecule has 1 saturated heterocycles. The zero-order valence-corrected chi connectivity index (χ0v) is 16.2. The summed E-state index contributed by atoms with van der Waals surface area (Å²) in [6.45, 7) is 3.62. The van der Waals surface area contributed by atoms with Crippen LogP contribution in [-0.2, 0) is 0 Å². The number of hydrogen-bond donors (Lipinski definition) is 2. The third-order valence-electron chi connectivity index (χ3n) is 5.72. The van der Waals surface area contributed by atoms with Crippen LogP contribution < -0.4 is 10.6 Å². The van der Waals surface area contributed by atoms with Gasteiger partial charge in [-0.25, -0.2) is 4.98 Å². The zero-order chi connectivity index (χ0) is 20.0. The molecule has 1 aliphatic heterocycles. The first kappa shape index (κ1) is 17.6. The Labute approximate surface area is 168 Å². The van der Waals surface area contributed by atoms with Crippen LogP contribution in [0, 0.1) is 11.3 Å². The van der Waals surface area contributed by atoms with Gasteiger partial charge in [-0.05, 0) is 36.6 Å². The summed E-state index contributed by atoms with van der Waals surface area (Å²) in [5.74, 6) is 0.554. The Morgan fingerprint density at radius 3 is 2.62 bits per heavy atom. The molecule has 7 heteroatoms. The fourth-order valence-electron chi connectivity index (χ4n) is 3.90. The molecule has 0 bridgehead atoms. The molecule has 3 N–H and O–H groups in total. The van der Waals surface area contributed by atoms with Crippen LogP contribution in [0.4, 0.5) is 5.95 Å². The average molecular weight is 383 g/mol. The first-order valence-corrected chi connectivity index (χ1v) is 9.73. The van der Waals surface area contributed by atoms with Crippen molar-refractivity contribution < 1.29 is 0 Å². The quantitative estimate of drug-likeness (QED) is 0.549. The van der Waals surface area contributed by atoms with Crippen LogP contribution in [0.25, 0.3) is 33.1 Å². The monoisotopic (exact) mass is 383 g/mol. The highest BCUT2D eigenvalue weighted by Gasteiger charge is 2.28. The lowest BCUT2D eigenvalue weighted by Gasteiger charge is -2.36. The van der Waals surface area contributed by atoms with E-state index in [2.05, 4.69) is 62.3 Å². The van der Waals surface area contributed by atoms with E-state index in [1.165, 1.54) is 0 Å². The number of H-pyrrole nitrogens is 1. The predicted octanol–water partition coefficient (Wildman–Crippen LogP) is 3.36. The van der Waals surface area contributed by atoms with E-state index in [-0.39, 0.29) is 5.54 Å². The van der Waals surface area contributed by atoms with Gasteiger partial charge in [0.1, 0.15) is 11.8 Å². The van der Waals surface area contributed by atoms with Crippen molar-refractivity contribution >= 4 is 27.8 Å². The van der Waals surface area contributed by atoms with Gasteiger partial charge in [-0.1, -0.05) is 36.4 Å². The van der Waals surface area contributed by atoms with Crippen LogP contribution in [-0.4, -0.2) is 38.8 Å². The highest BCUT2D eigenvalue weighted by atomic mass is 15.3. The number of nitrogens with one attached hydrogen (secondary N) is 1. The van der Waals surface area contributed by atoms with Crippen LogP contribution >= 0.6 is 0 Å². The third-order valence-corrected chi connectivity index (χ3v) is 5.72. The molecule has 2 aromatic carbocycles. The van der Waals surface area contributed by atoms with Crippen molar-refractivity contribution in [2.45, 2.75) is 25.3 Å². The summed E-state index contributed by atoms with van der Waals surface area (Å²) in [6, 6.07) is 16.5. The smallest absolute Gasteiger partial charge is 0.228 e. The number of nitriles is 1. The number of piperidine rings is 1. The molecule has 5 rings (SSSR count). The van der Waals surface area contributed by atoms with E-state index in [9.17, 15) is 5.26 Å². The van der Waals surface area contributed by atoms with E-state index in [0.29, 0.717) is 28.4 Å². The van der Waals surface area contributed by atoms with Gasteiger partial charge >= 0.3 is 0 Å². The molecule has 0 saturated carbocycles. The van der Waals surface area contributed by atoms with Crippen molar-refractivity contribution in [2.24, 2.45) is 5.73 Å². The Morgan fingerprint density at radius 2 is 1.86 bits per heavy atom. The van der Waals surface area contributed by atoms with Crippen molar-refractivity contribution in [1.82, 2.24) is 20.2 Å². The lowest BCUT2D eigenvalue weighted by molar-refractivity contribution is 0.362. The number of nitrogens with zero attached hydrogens (tertiary/aromatic N) is 5. The number of nitrogens with two attached hydrogens (primary N) is 1. The van der Waals surface area contributed by atoms with Crippen molar-refractivity contribution in [1.29, 1.82) is 5.26 Å². The molecule has 1 aliphatic rings. The molecule has 7 nitrogen and oxygen atoms in total. The maximum atomic E-state index is 9.78. The fourth-order valence-corrected chi connectivity index (χ4v) is 3.90. The molecule has 0 spiro atoms. The number of aromatic amines is 1. The Balaban J connectivity index is 1.59. The highest BCUT2D eigenvalue weighted by molar-refractivity contribution is 5.97. The predicted molar refractivity (Wildman–Crippen MR) is 113 cm³/mol. The summed E-state index contributed by atoms with van der Waals surface area (Å²) in [5.41, 5.74) is 8.62. The van der Waals surface area contributed by atoms with Gasteiger partial charge in [0.25, 0.3) is 0 Å². The minimum atomic E-state index is -0.157. The lowest BCUT2D eigenvalue weighted by atomic mass is 9.91. The third kappa shape index (κ3) is 3.08. The maximum absolute atomic E-state index is 9.78. The number of fused-ring (bicyclic) bond motifs is 2. The zero-order valence-electron chi connectivity index (χ0n) is 16.2. The number of anilines is 1. The molecule has 0 amide bonds. The van der Waals surface area contributed by atoms with Gasteiger partial charge in [0, 0.05) is 24.2 Å². The van der Waals surface area contributed by atoms with Gasteiger partial charge in [0.2, 0.25) is 5.95 Å². The molecule has 3 heterocycles. The van der Waals surface area contributed by atoms with Crippen molar-refractivity contribution in [2.75, 3.05) is 18.0 Å². The molecule has 0 radical (unpaired) electrons. The molecule has 0 unspecified atom stereocenters. The second-order valence-electron chi connectivity index (χ2n) is 7.98. The molecule has 1 fully saturated rings.